The lowest BCUT2D eigenvalue weighted by molar-refractivity contribution is 0.302. The fourth-order valence-corrected chi connectivity index (χ4v) is 4.49. The molecule has 1 aliphatic carbocycles. The quantitative estimate of drug-likeness (QED) is 0.314. The van der Waals surface area contributed by atoms with Crippen molar-refractivity contribution in [3.63, 3.8) is 0 Å². The van der Waals surface area contributed by atoms with Crippen molar-refractivity contribution in [3.8, 4) is 11.1 Å². The summed E-state index contributed by atoms with van der Waals surface area (Å²) in [5.74, 6) is -2.25. The molecule has 0 bridgehead atoms. The normalized spacial score (nSPS) is 19.7. The SMILES string of the molecule is CCCCCCCC1CCC(c2ccc(-c3cc(F)c(F)c(F)c3)cc2)CC1. The molecule has 0 saturated heterocycles. The fourth-order valence-electron chi connectivity index (χ4n) is 4.49. The molecule has 1 aliphatic rings. The van der Waals surface area contributed by atoms with Crippen LogP contribution >= 0.6 is 0 Å². The molecule has 3 heteroatoms. The van der Waals surface area contributed by atoms with E-state index >= 15 is 0 Å². The standard InChI is InChI=1S/C25H31F3/c1-2-3-4-5-6-7-18-8-10-19(11-9-18)20-12-14-21(15-13-20)22-16-23(26)25(28)24(27)17-22/h12-19H,2-11H2,1H3. The van der Waals surface area contributed by atoms with Crippen molar-refractivity contribution in [2.24, 2.45) is 5.92 Å². The maximum atomic E-state index is 13.5. The van der Waals surface area contributed by atoms with Gasteiger partial charge in [-0.25, -0.2) is 13.2 Å². The first-order chi connectivity index (χ1) is 13.6. The monoisotopic (exact) mass is 388 g/mol. The van der Waals surface area contributed by atoms with Gasteiger partial charge in [0.25, 0.3) is 0 Å². The lowest BCUT2D eigenvalue weighted by atomic mass is 9.77. The van der Waals surface area contributed by atoms with Crippen LogP contribution in [0.4, 0.5) is 13.2 Å². The first-order valence-electron chi connectivity index (χ1n) is 10.8. The van der Waals surface area contributed by atoms with Gasteiger partial charge >= 0.3 is 0 Å². The summed E-state index contributed by atoms with van der Waals surface area (Å²) in [5, 5.41) is 0. The van der Waals surface area contributed by atoms with E-state index < -0.39 is 17.5 Å². The van der Waals surface area contributed by atoms with Crippen molar-refractivity contribution >= 4 is 0 Å². The summed E-state index contributed by atoms with van der Waals surface area (Å²) in [6.45, 7) is 2.25. The molecule has 0 radical (unpaired) electrons. The molecular formula is C25H31F3. The van der Waals surface area contributed by atoms with E-state index in [2.05, 4.69) is 19.1 Å². The molecule has 1 saturated carbocycles. The van der Waals surface area contributed by atoms with E-state index in [1.807, 2.05) is 12.1 Å². The largest absolute Gasteiger partial charge is 0.204 e. The van der Waals surface area contributed by atoms with E-state index in [1.165, 1.54) is 69.8 Å². The second kappa shape index (κ2) is 10.1. The van der Waals surface area contributed by atoms with E-state index in [4.69, 9.17) is 0 Å². The van der Waals surface area contributed by atoms with Gasteiger partial charge in [0.1, 0.15) is 0 Å². The van der Waals surface area contributed by atoms with Crippen LogP contribution in [0.25, 0.3) is 11.1 Å². The summed E-state index contributed by atoms with van der Waals surface area (Å²) in [6.07, 6.45) is 13.2. The molecule has 0 atom stereocenters. The maximum Gasteiger partial charge on any atom is 0.194 e. The van der Waals surface area contributed by atoms with Gasteiger partial charge in [0.15, 0.2) is 17.5 Å². The number of hydrogen-bond acceptors (Lipinski definition) is 0. The van der Waals surface area contributed by atoms with Crippen LogP contribution in [0, 0.1) is 23.4 Å². The topological polar surface area (TPSA) is 0 Å². The zero-order valence-electron chi connectivity index (χ0n) is 16.8. The van der Waals surface area contributed by atoms with Gasteiger partial charge in [-0.1, -0.05) is 69.7 Å². The molecule has 0 amide bonds. The van der Waals surface area contributed by atoms with Crippen molar-refractivity contribution in [2.75, 3.05) is 0 Å². The van der Waals surface area contributed by atoms with E-state index in [1.54, 1.807) is 0 Å². The summed E-state index contributed by atoms with van der Waals surface area (Å²) in [4.78, 5) is 0. The summed E-state index contributed by atoms with van der Waals surface area (Å²) in [7, 11) is 0. The summed E-state index contributed by atoms with van der Waals surface area (Å²) < 4.78 is 40.1. The van der Waals surface area contributed by atoms with Crippen LogP contribution < -0.4 is 0 Å². The summed E-state index contributed by atoms with van der Waals surface area (Å²) in [6, 6.07) is 10.0. The zero-order chi connectivity index (χ0) is 19.9. The van der Waals surface area contributed by atoms with Gasteiger partial charge in [-0.05, 0) is 66.3 Å². The minimum Gasteiger partial charge on any atom is -0.204 e. The van der Waals surface area contributed by atoms with Crippen molar-refractivity contribution in [3.05, 3.63) is 59.4 Å². The van der Waals surface area contributed by atoms with Crippen LogP contribution in [0.15, 0.2) is 36.4 Å². The Labute approximate surface area is 167 Å². The third-order valence-electron chi connectivity index (χ3n) is 6.26. The van der Waals surface area contributed by atoms with Gasteiger partial charge in [0, 0.05) is 0 Å². The predicted octanol–water partition coefficient (Wildman–Crippen LogP) is 8.41. The minimum atomic E-state index is -1.41. The molecule has 1 fully saturated rings. The lowest BCUT2D eigenvalue weighted by Gasteiger charge is -2.29. The molecule has 3 rings (SSSR count). The van der Waals surface area contributed by atoms with Gasteiger partial charge < -0.3 is 0 Å². The Morgan fingerprint density at radius 1 is 0.750 bits per heavy atom. The highest BCUT2D eigenvalue weighted by atomic mass is 19.2. The van der Waals surface area contributed by atoms with E-state index in [9.17, 15) is 13.2 Å². The highest BCUT2D eigenvalue weighted by Gasteiger charge is 2.22. The van der Waals surface area contributed by atoms with Gasteiger partial charge in [0.05, 0.1) is 0 Å². The van der Waals surface area contributed by atoms with E-state index in [-0.39, 0.29) is 0 Å². The van der Waals surface area contributed by atoms with Crippen molar-refractivity contribution < 1.29 is 13.2 Å². The Bertz CT molecular complexity index is 720. The van der Waals surface area contributed by atoms with Crippen molar-refractivity contribution in [2.45, 2.75) is 77.0 Å². The lowest BCUT2D eigenvalue weighted by Crippen LogP contribution is -2.13. The first kappa shape index (κ1) is 21.0. The zero-order valence-corrected chi connectivity index (χ0v) is 16.8. The Morgan fingerprint density at radius 2 is 1.36 bits per heavy atom. The second-order valence-corrected chi connectivity index (χ2v) is 8.30. The van der Waals surface area contributed by atoms with E-state index in [0.29, 0.717) is 17.0 Å². The number of benzene rings is 2. The molecule has 2 aromatic rings. The Morgan fingerprint density at radius 3 is 1.96 bits per heavy atom. The average molecular weight is 389 g/mol. The molecule has 0 heterocycles. The fraction of sp³-hybridized carbons (Fsp3) is 0.520. The van der Waals surface area contributed by atoms with E-state index in [0.717, 1.165) is 18.1 Å². The summed E-state index contributed by atoms with van der Waals surface area (Å²) >= 11 is 0. The van der Waals surface area contributed by atoms with Crippen LogP contribution in [0.2, 0.25) is 0 Å². The van der Waals surface area contributed by atoms with Gasteiger partial charge in [-0.15, -0.1) is 0 Å². The Kier molecular flexibility index (Phi) is 7.58. The molecule has 0 nitrogen and oxygen atoms in total. The molecular weight excluding hydrogens is 357 g/mol. The number of rotatable bonds is 8. The third-order valence-corrected chi connectivity index (χ3v) is 6.26. The number of halogens is 3. The molecule has 0 aliphatic heterocycles. The first-order valence-corrected chi connectivity index (χ1v) is 10.8. The summed E-state index contributed by atoms with van der Waals surface area (Å²) in [5.41, 5.74) is 2.38. The molecule has 0 unspecified atom stereocenters. The van der Waals surface area contributed by atoms with Crippen LogP contribution in [0.1, 0.15) is 82.6 Å². The molecule has 28 heavy (non-hydrogen) atoms. The number of unbranched alkanes of at least 4 members (excludes halogenated alkanes) is 4. The molecule has 152 valence electrons. The van der Waals surface area contributed by atoms with Crippen LogP contribution in [-0.4, -0.2) is 0 Å². The van der Waals surface area contributed by atoms with Gasteiger partial charge in [-0.2, -0.15) is 0 Å². The number of hydrogen-bond donors (Lipinski definition) is 0. The van der Waals surface area contributed by atoms with Crippen molar-refractivity contribution in [1.82, 2.24) is 0 Å². The average Bonchev–Trinajstić information content (AvgIpc) is 2.72. The third kappa shape index (κ3) is 5.40. The van der Waals surface area contributed by atoms with Crippen LogP contribution in [0.3, 0.4) is 0 Å². The molecule has 2 aromatic carbocycles. The molecule has 0 aromatic heterocycles. The van der Waals surface area contributed by atoms with Crippen molar-refractivity contribution in [1.29, 1.82) is 0 Å². The molecule has 0 spiro atoms. The Hall–Kier alpha value is -1.77. The maximum absolute atomic E-state index is 13.5. The Balaban J connectivity index is 1.52. The molecule has 0 N–H and O–H groups in total. The smallest absolute Gasteiger partial charge is 0.194 e. The van der Waals surface area contributed by atoms with Crippen LogP contribution in [-0.2, 0) is 0 Å². The highest BCUT2D eigenvalue weighted by Crippen LogP contribution is 2.38. The van der Waals surface area contributed by atoms with Crippen LogP contribution in [0.5, 0.6) is 0 Å². The second-order valence-electron chi connectivity index (χ2n) is 8.30. The van der Waals surface area contributed by atoms with Gasteiger partial charge in [0.2, 0.25) is 0 Å². The minimum absolute atomic E-state index is 0.370. The predicted molar refractivity (Wildman–Crippen MR) is 110 cm³/mol. The highest BCUT2D eigenvalue weighted by molar-refractivity contribution is 5.64. The van der Waals surface area contributed by atoms with Gasteiger partial charge in [-0.3, -0.25) is 0 Å².